The fraction of sp³-hybridized carbons (Fsp3) is 0.160. The normalized spacial score (nSPS) is 10.9. The number of aromatic nitrogens is 2. The molecule has 0 atom stereocenters. The summed E-state index contributed by atoms with van der Waals surface area (Å²) in [6.07, 6.45) is 4.21. The van der Waals surface area contributed by atoms with E-state index in [0.29, 0.717) is 29.0 Å². The number of nitrogens with zero attached hydrogens (tertiary/aromatic N) is 2. The van der Waals surface area contributed by atoms with Crippen molar-refractivity contribution >= 4 is 22.8 Å². The Morgan fingerprint density at radius 3 is 2.48 bits per heavy atom. The van der Waals surface area contributed by atoms with E-state index in [9.17, 15) is 9.59 Å². The lowest BCUT2D eigenvalue weighted by atomic mass is 10.1. The Labute approximate surface area is 179 Å². The van der Waals surface area contributed by atoms with E-state index in [1.54, 1.807) is 53.4 Å². The van der Waals surface area contributed by atoms with Gasteiger partial charge in [-0.1, -0.05) is 12.1 Å². The van der Waals surface area contributed by atoms with Gasteiger partial charge in [0.2, 0.25) is 0 Å². The fourth-order valence-electron chi connectivity index (χ4n) is 3.67. The molecule has 4 rings (SSSR count). The lowest BCUT2D eigenvalue weighted by molar-refractivity contribution is -0.136. The zero-order chi connectivity index (χ0) is 21.8. The molecule has 2 aromatic carbocycles. The molecule has 0 aliphatic carbocycles. The van der Waals surface area contributed by atoms with Gasteiger partial charge in [0.25, 0.3) is 5.91 Å². The van der Waals surface area contributed by atoms with E-state index >= 15 is 0 Å². The summed E-state index contributed by atoms with van der Waals surface area (Å²) in [4.78, 5) is 28.3. The highest BCUT2D eigenvalue weighted by Gasteiger charge is 2.17. The molecule has 0 bridgehead atoms. The van der Waals surface area contributed by atoms with Gasteiger partial charge in [-0.2, -0.15) is 0 Å². The number of carbonyl (C=O) groups is 2. The van der Waals surface area contributed by atoms with Crippen molar-refractivity contribution in [2.45, 2.75) is 19.8 Å². The van der Waals surface area contributed by atoms with Gasteiger partial charge in [0, 0.05) is 35.5 Å². The molecule has 2 heterocycles. The zero-order valence-corrected chi connectivity index (χ0v) is 17.1. The second kappa shape index (κ2) is 8.83. The van der Waals surface area contributed by atoms with E-state index in [2.05, 4.69) is 4.98 Å². The van der Waals surface area contributed by atoms with Crippen LogP contribution in [-0.4, -0.2) is 33.1 Å². The maximum Gasteiger partial charge on any atom is 0.307 e. The number of carbonyl (C=O) groups excluding carboxylic acids is 1. The van der Waals surface area contributed by atoms with Crippen LogP contribution in [0, 0.1) is 6.92 Å². The lowest BCUT2D eigenvalue weighted by Crippen LogP contribution is -2.13. The Balaban J connectivity index is 1.51. The molecule has 0 radical (unpaired) electrons. The largest absolute Gasteiger partial charge is 0.493 e. The highest BCUT2D eigenvalue weighted by atomic mass is 16.5. The Kier molecular flexibility index (Phi) is 5.80. The molecule has 4 aromatic rings. The van der Waals surface area contributed by atoms with Gasteiger partial charge >= 0.3 is 5.97 Å². The number of aryl methyl sites for hydroxylation is 1. The second-order valence-corrected chi connectivity index (χ2v) is 7.33. The Bertz CT molecular complexity index is 1230. The van der Waals surface area contributed by atoms with Gasteiger partial charge < -0.3 is 9.84 Å². The average Bonchev–Trinajstić information content (AvgIpc) is 3.11. The van der Waals surface area contributed by atoms with Crippen LogP contribution in [0.3, 0.4) is 0 Å². The van der Waals surface area contributed by atoms with Crippen molar-refractivity contribution in [3.05, 3.63) is 95.4 Å². The number of aliphatic carboxylic acids is 1. The third kappa shape index (κ3) is 4.48. The Hall–Kier alpha value is -3.93. The SMILES string of the molecule is Cc1cc2c(CC(=O)O)cccc2n1C(=O)c1ccc(OCCc2ccncc2)cc1. The molecule has 0 saturated carbocycles. The molecule has 0 aliphatic rings. The van der Waals surface area contributed by atoms with Gasteiger partial charge in [-0.15, -0.1) is 0 Å². The maximum atomic E-state index is 13.2. The van der Waals surface area contributed by atoms with Gasteiger partial charge in [-0.05, 0) is 66.6 Å². The second-order valence-electron chi connectivity index (χ2n) is 7.33. The van der Waals surface area contributed by atoms with Crippen molar-refractivity contribution in [1.29, 1.82) is 0 Å². The topological polar surface area (TPSA) is 81.4 Å². The summed E-state index contributed by atoms with van der Waals surface area (Å²) in [5.74, 6) is -0.365. The molecule has 0 spiro atoms. The van der Waals surface area contributed by atoms with Crippen molar-refractivity contribution < 1.29 is 19.4 Å². The molecule has 0 amide bonds. The van der Waals surface area contributed by atoms with Crippen LogP contribution in [-0.2, 0) is 17.6 Å². The molecule has 0 unspecified atom stereocenters. The summed E-state index contributed by atoms with van der Waals surface area (Å²) in [7, 11) is 0. The highest BCUT2D eigenvalue weighted by Crippen LogP contribution is 2.25. The van der Waals surface area contributed by atoms with Crippen LogP contribution in [0.2, 0.25) is 0 Å². The first kappa shape index (κ1) is 20.3. The molecule has 6 heteroatoms. The monoisotopic (exact) mass is 414 g/mol. The minimum absolute atomic E-state index is 0.0828. The molecule has 0 aliphatic heterocycles. The van der Waals surface area contributed by atoms with Gasteiger partial charge in [-0.3, -0.25) is 19.1 Å². The number of hydrogen-bond acceptors (Lipinski definition) is 4. The zero-order valence-electron chi connectivity index (χ0n) is 17.1. The number of carboxylic acids is 1. The van der Waals surface area contributed by atoms with E-state index in [1.165, 1.54) is 0 Å². The molecule has 6 nitrogen and oxygen atoms in total. The average molecular weight is 414 g/mol. The van der Waals surface area contributed by atoms with Gasteiger partial charge in [0.15, 0.2) is 0 Å². The van der Waals surface area contributed by atoms with Crippen LogP contribution in [0.5, 0.6) is 5.75 Å². The van der Waals surface area contributed by atoms with Gasteiger partial charge in [0.1, 0.15) is 5.75 Å². The number of carboxylic acid groups (broad SMARTS) is 1. The van der Waals surface area contributed by atoms with Crippen LogP contribution < -0.4 is 4.74 Å². The summed E-state index contributed by atoms with van der Waals surface area (Å²) in [6, 6.07) is 18.2. The molecular formula is C25H22N2O4. The van der Waals surface area contributed by atoms with Gasteiger partial charge in [0.05, 0.1) is 18.5 Å². The first-order valence-corrected chi connectivity index (χ1v) is 10.0. The number of hydrogen-bond donors (Lipinski definition) is 1. The first-order valence-electron chi connectivity index (χ1n) is 10.0. The van der Waals surface area contributed by atoms with Crippen LogP contribution >= 0.6 is 0 Å². The molecule has 0 saturated heterocycles. The van der Waals surface area contributed by atoms with Crippen LogP contribution in [0.25, 0.3) is 10.9 Å². The highest BCUT2D eigenvalue weighted by molar-refractivity contribution is 6.04. The van der Waals surface area contributed by atoms with E-state index in [0.717, 1.165) is 23.1 Å². The third-order valence-corrected chi connectivity index (χ3v) is 5.18. The molecule has 1 N–H and O–H groups in total. The van der Waals surface area contributed by atoms with Crippen molar-refractivity contribution in [1.82, 2.24) is 9.55 Å². The minimum Gasteiger partial charge on any atom is -0.493 e. The van der Waals surface area contributed by atoms with Gasteiger partial charge in [-0.25, -0.2) is 0 Å². The maximum absolute atomic E-state index is 13.2. The summed E-state index contributed by atoms with van der Waals surface area (Å²) < 4.78 is 7.41. The number of pyridine rings is 1. The van der Waals surface area contributed by atoms with E-state index < -0.39 is 5.97 Å². The number of benzene rings is 2. The molecular weight excluding hydrogens is 392 g/mol. The van der Waals surface area contributed by atoms with Crippen molar-refractivity contribution in [3.8, 4) is 5.75 Å². The van der Waals surface area contributed by atoms with Crippen molar-refractivity contribution in [2.24, 2.45) is 0 Å². The molecule has 31 heavy (non-hydrogen) atoms. The fourth-order valence-corrected chi connectivity index (χ4v) is 3.67. The summed E-state index contributed by atoms with van der Waals surface area (Å²) in [5.41, 5.74) is 3.84. The van der Waals surface area contributed by atoms with Crippen LogP contribution in [0.15, 0.2) is 73.1 Å². The smallest absolute Gasteiger partial charge is 0.307 e. The predicted octanol–water partition coefficient (Wildman–Crippen LogP) is 4.28. The summed E-state index contributed by atoms with van der Waals surface area (Å²) in [6.45, 7) is 2.38. The number of rotatable bonds is 7. The number of fused-ring (bicyclic) bond motifs is 1. The summed E-state index contributed by atoms with van der Waals surface area (Å²) >= 11 is 0. The van der Waals surface area contributed by atoms with E-state index in [1.807, 2.05) is 31.2 Å². The number of ether oxygens (including phenoxy) is 1. The van der Waals surface area contributed by atoms with E-state index in [4.69, 9.17) is 9.84 Å². The van der Waals surface area contributed by atoms with E-state index in [-0.39, 0.29) is 12.3 Å². The molecule has 156 valence electrons. The van der Waals surface area contributed by atoms with Crippen LogP contribution in [0.4, 0.5) is 0 Å². The third-order valence-electron chi connectivity index (χ3n) is 5.18. The quantitative estimate of drug-likeness (QED) is 0.488. The Morgan fingerprint density at radius 1 is 1.03 bits per heavy atom. The lowest BCUT2D eigenvalue weighted by Gasteiger charge is -2.10. The summed E-state index contributed by atoms with van der Waals surface area (Å²) in [5, 5.41) is 9.94. The standard InChI is InChI=1S/C25H22N2O4/c1-17-15-22-20(16-24(28)29)3-2-4-23(22)27(17)25(30)19-5-7-21(8-6-19)31-14-11-18-9-12-26-13-10-18/h2-10,12-13,15H,11,14,16H2,1H3,(H,28,29). The van der Waals surface area contributed by atoms with Crippen molar-refractivity contribution in [3.63, 3.8) is 0 Å². The predicted molar refractivity (Wildman–Crippen MR) is 118 cm³/mol. The molecule has 2 aromatic heterocycles. The van der Waals surface area contributed by atoms with Crippen LogP contribution in [0.1, 0.15) is 27.2 Å². The van der Waals surface area contributed by atoms with Crippen molar-refractivity contribution in [2.75, 3.05) is 6.61 Å². The minimum atomic E-state index is -0.899. The molecule has 0 fully saturated rings. The Morgan fingerprint density at radius 2 is 1.77 bits per heavy atom. The first-order chi connectivity index (χ1) is 15.0.